The van der Waals surface area contributed by atoms with Crippen molar-refractivity contribution in [1.82, 2.24) is 15.2 Å². The van der Waals surface area contributed by atoms with Crippen molar-refractivity contribution in [3.05, 3.63) is 52.6 Å². The summed E-state index contributed by atoms with van der Waals surface area (Å²) < 4.78 is 37.2. The van der Waals surface area contributed by atoms with E-state index < -0.39 is 21.8 Å². The van der Waals surface area contributed by atoms with Gasteiger partial charge in [-0.15, -0.1) is 0 Å². The number of benzene rings is 2. The number of hydrogen-bond donors (Lipinski definition) is 2. The van der Waals surface area contributed by atoms with Crippen molar-refractivity contribution in [2.24, 2.45) is 0 Å². The van der Waals surface area contributed by atoms with Crippen LogP contribution in [0.1, 0.15) is 51.6 Å². The Labute approximate surface area is 195 Å². The van der Waals surface area contributed by atoms with Crippen molar-refractivity contribution in [2.75, 3.05) is 27.8 Å². The summed E-state index contributed by atoms with van der Waals surface area (Å²) in [6, 6.07) is 7.57. The summed E-state index contributed by atoms with van der Waals surface area (Å²) in [5.41, 5.74) is 6.22. The van der Waals surface area contributed by atoms with Gasteiger partial charge in [-0.1, -0.05) is 13.3 Å². The van der Waals surface area contributed by atoms with Crippen LogP contribution in [0.15, 0.2) is 35.2 Å². The second-order valence-electron chi connectivity index (χ2n) is 7.68. The minimum absolute atomic E-state index is 0.0346. The first-order valence-corrected chi connectivity index (χ1v) is 11.9. The lowest BCUT2D eigenvalue weighted by molar-refractivity contribution is 0.0846. The first-order valence-electron chi connectivity index (χ1n) is 10.5. The molecule has 2 aromatic rings. The number of amides is 2. The largest absolute Gasteiger partial charge is 0.493 e. The third-order valence-corrected chi connectivity index (χ3v) is 7.05. The molecule has 9 nitrogen and oxygen atoms in total. The van der Waals surface area contributed by atoms with Gasteiger partial charge in [0.15, 0.2) is 11.5 Å². The highest BCUT2D eigenvalue weighted by molar-refractivity contribution is 7.89. The van der Waals surface area contributed by atoms with Gasteiger partial charge in [-0.05, 0) is 61.7 Å². The molecule has 2 amide bonds. The van der Waals surface area contributed by atoms with E-state index in [1.807, 2.05) is 0 Å². The molecule has 0 spiro atoms. The number of hydrazine groups is 1. The lowest BCUT2D eigenvalue weighted by atomic mass is 10.1. The lowest BCUT2D eigenvalue weighted by Gasteiger charge is -2.17. The monoisotopic (exact) mass is 477 g/mol. The van der Waals surface area contributed by atoms with Crippen LogP contribution in [0.4, 0.5) is 0 Å². The average molecular weight is 478 g/mol. The summed E-state index contributed by atoms with van der Waals surface area (Å²) in [5, 5.41) is 0. The lowest BCUT2D eigenvalue weighted by Crippen LogP contribution is -2.41. The van der Waals surface area contributed by atoms with Crippen LogP contribution in [0.25, 0.3) is 0 Å². The van der Waals surface area contributed by atoms with Gasteiger partial charge >= 0.3 is 0 Å². The Morgan fingerprint density at radius 2 is 1.61 bits per heavy atom. The summed E-state index contributed by atoms with van der Waals surface area (Å²) in [6.45, 7) is 5.99. The molecule has 0 unspecified atom stereocenters. The van der Waals surface area contributed by atoms with Gasteiger partial charge in [-0.3, -0.25) is 20.4 Å². The average Bonchev–Trinajstić information content (AvgIpc) is 2.78. The van der Waals surface area contributed by atoms with Crippen molar-refractivity contribution in [2.45, 2.75) is 38.5 Å². The van der Waals surface area contributed by atoms with Gasteiger partial charge < -0.3 is 9.47 Å². The maximum atomic E-state index is 12.6. The zero-order valence-corrected chi connectivity index (χ0v) is 20.6. The second-order valence-corrected chi connectivity index (χ2v) is 9.80. The number of nitrogens with zero attached hydrogens (tertiary/aromatic N) is 1. The molecule has 2 rings (SSSR count). The minimum Gasteiger partial charge on any atom is -0.493 e. The van der Waals surface area contributed by atoms with Crippen LogP contribution in [-0.4, -0.2) is 52.3 Å². The van der Waals surface area contributed by atoms with E-state index in [0.717, 1.165) is 17.1 Å². The fourth-order valence-corrected chi connectivity index (χ4v) is 4.15. The first-order chi connectivity index (χ1) is 15.5. The zero-order valence-electron chi connectivity index (χ0n) is 19.8. The molecule has 0 aliphatic carbocycles. The maximum absolute atomic E-state index is 12.6. The van der Waals surface area contributed by atoms with E-state index in [9.17, 15) is 18.0 Å². The van der Waals surface area contributed by atoms with Crippen molar-refractivity contribution < 1.29 is 27.5 Å². The van der Waals surface area contributed by atoms with Crippen molar-refractivity contribution in [1.29, 1.82) is 0 Å². The van der Waals surface area contributed by atoms with Gasteiger partial charge in [0.25, 0.3) is 11.8 Å². The Kier molecular flexibility index (Phi) is 8.84. The normalized spacial score (nSPS) is 11.2. The number of nitrogens with one attached hydrogen (secondary N) is 2. The van der Waals surface area contributed by atoms with Gasteiger partial charge in [0.05, 0.1) is 18.6 Å². The van der Waals surface area contributed by atoms with Crippen molar-refractivity contribution >= 4 is 21.8 Å². The molecule has 2 aromatic carbocycles. The SMILES string of the molecule is CCCCOc1ccc(C(=O)NNC(=O)c2cc(C)c(C)c(S(=O)(=O)N(C)C)c2)cc1OC. The molecule has 0 aromatic heterocycles. The second kappa shape index (κ2) is 11.2. The minimum atomic E-state index is -3.74. The van der Waals surface area contributed by atoms with E-state index in [4.69, 9.17) is 9.47 Å². The number of unbranched alkanes of at least 4 members (excludes halogenated alkanes) is 1. The summed E-state index contributed by atoms with van der Waals surface area (Å²) in [4.78, 5) is 25.2. The molecule has 0 saturated heterocycles. The molecular weight excluding hydrogens is 446 g/mol. The molecule has 0 heterocycles. The molecule has 0 radical (unpaired) electrons. The highest BCUT2D eigenvalue weighted by Crippen LogP contribution is 2.28. The van der Waals surface area contributed by atoms with Crippen LogP contribution in [-0.2, 0) is 10.0 Å². The van der Waals surface area contributed by atoms with E-state index >= 15 is 0 Å². The van der Waals surface area contributed by atoms with Crippen LogP contribution >= 0.6 is 0 Å². The molecule has 0 aliphatic heterocycles. The summed E-state index contributed by atoms with van der Waals surface area (Å²) in [7, 11) is 0.580. The molecule has 0 atom stereocenters. The Hall–Kier alpha value is -3.11. The van der Waals surface area contributed by atoms with E-state index in [2.05, 4.69) is 17.8 Å². The number of sulfonamides is 1. The quantitative estimate of drug-likeness (QED) is 0.424. The van der Waals surface area contributed by atoms with E-state index in [0.29, 0.717) is 29.2 Å². The van der Waals surface area contributed by atoms with Gasteiger partial charge in [0.2, 0.25) is 10.0 Å². The number of aryl methyl sites for hydroxylation is 1. The fourth-order valence-electron chi connectivity index (χ4n) is 2.94. The maximum Gasteiger partial charge on any atom is 0.269 e. The highest BCUT2D eigenvalue weighted by Gasteiger charge is 2.23. The smallest absolute Gasteiger partial charge is 0.269 e. The van der Waals surface area contributed by atoms with Crippen molar-refractivity contribution in [3.8, 4) is 11.5 Å². The predicted molar refractivity (Wildman–Crippen MR) is 125 cm³/mol. The highest BCUT2D eigenvalue weighted by atomic mass is 32.2. The molecule has 33 heavy (non-hydrogen) atoms. The van der Waals surface area contributed by atoms with Crippen LogP contribution < -0.4 is 20.3 Å². The van der Waals surface area contributed by atoms with E-state index in [1.165, 1.54) is 33.3 Å². The number of ether oxygens (including phenoxy) is 2. The number of methoxy groups -OCH3 is 1. The van der Waals surface area contributed by atoms with Crippen LogP contribution in [0.2, 0.25) is 0 Å². The number of hydrogen-bond acceptors (Lipinski definition) is 6. The summed E-state index contributed by atoms with van der Waals surface area (Å²) in [6.07, 6.45) is 1.89. The molecule has 0 bridgehead atoms. The molecular formula is C23H31N3O6S. The Balaban J connectivity index is 2.16. The van der Waals surface area contributed by atoms with E-state index in [-0.39, 0.29) is 16.0 Å². The molecule has 0 fully saturated rings. The molecule has 0 saturated carbocycles. The Morgan fingerprint density at radius 1 is 0.970 bits per heavy atom. The third-order valence-electron chi connectivity index (χ3n) is 5.11. The zero-order chi connectivity index (χ0) is 24.8. The fraction of sp³-hybridized carbons (Fsp3) is 0.391. The predicted octanol–water partition coefficient (Wildman–Crippen LogP) is 2.82. The molecule has 10 heteroatoms. The van der Waals surface area contributed by atoms with Crippen LogP contribution in [0.3, 0.4) is 0 Å². The molecule has 2 N–H and O–H groups in total. The van der Waals surface area contributed by atoms with Crippen molar-refractivity contribution in [3.63, 3.8) is 0 Å². The van der Waals surface area contributed by atoms with Gasteiger partial charge in [0.1, 0.15) is 0 Å². The summed E-state index contributed by atoms with van der Waals surface area (Å²) >= 11 is 0. The Bertz CT molecular complexity index is 1130. The number of carbonyl (C=O) groups excluding carboxylic acids is 2. The van der Waals surface area contributed by atoms with E-state index in [1.54, 1.807) is 32.0 Å². The molecule has 180 valence electrons. The number of rotatable bonds is 9. The van der Waals surface area contributed by atoms with Gasteiger partial charge in [0, 0.05) is 25.2 Å². The number of carbonyl (C=O) groups is 2. The topological polar surface area (TPSA) is 114 Å². The summed E-state index contributed by atoms with van der Waals surface area (Å²) in [5.74, 6) is -0.283. The van der Waals surface area contributed by atoms with Crippen LogP contribution in [0, 0.1) is 13.8 Å². The van der Waals surface area contributed by atoms with Gasteiger partial charge in [-0.25, -0.2) is 12.7 Å². The van der Waals surface area contributed by atoms with Crippen LogP contribution in [0.5, 0.6) is 11.5 Å². The molecule has 0 aliphatic rings. The standard InChI is InChI=1S/C23H31N3O6S/c1-7-8-11-32-19-10-9-17(13-20(19)31-6)22(27)24-25-23(28)18-12-15(2)16(3)21(14-18)33(29,30)26(4)5/h9-10,12-14H,7-8,11H2,1-6H3,(H,24,27)(H,25,28). The first kappa shape index (κ1) is 26.1. The van der Waals surface area contributed by atoms with Gasteiger partial charge in [-0.2, -0.15) is 0 Å². The third kappa shape index (κ3) is 6.23. The Morgan fingerprint density at radius 3 is 2.18 bits per heavy atom.